The van der Waals surface area contributed by atoms with Crippen LogP contribution in [-0.2, 0) is 16.1 Å². The average molecular weight is 450 g/mol. The number of methoxy groups -OCH3 is 1. The Balaban J connectivity index is 0.000000214. The number of benzene rings is 2. The Labute approximate surface area is 190 Å². The molecule has 0 fully saturated rings. The van der Waals surface area contributed by atoms with Crippen molar-refractivity contribution in [2.24, 2.45) is 0 Å². The molecule has 172 valence electrons. The third-order valence-electron chi connectivity index (χ3n) is 4.11. The van der Waals surface area contributed by atoms with Gasteiger partial charge >= 0.3 is 0 Å². The topological polar surface area (TPSA) is 123 Å². The first-order valence-electron chi connectivity index (χ1n) is 10.0. The largest absolute Gasteiger partial charge is 0.453 e. The lowest BCUT2D eigenvalue weighted by Gasteiger charge is -2.08. The zero-order valence-electron chi connectivity index (χ0n) is 18.7. The monoisotopic (exact) mass is 450 g/mol. The maximum Gasteiger partial charge on any atom is 0.193 e. The van der Waals surface area contributed by atoms with Crippen molar-refractivity contribution < 1.29 is 18.7 Å². The molecule has 4 aromatic rings. The van der Waals surface area contributed by atoms with Gasteiger partial charge in [-0.25, -0.2) is 9.97 Å². The third kappa shape index (κ3) is 7.30. The fourth-order valence-electron chi connectivity index (χ4n) is 2.82. The molecule has 0 saturated carbocycles. The van der Waals surface area contributed by atoms with Gasteiger partial charge in [-0.1, -0.05) is 24.3 Å². The van der Waals surface area contributed by atoms with Gasteiger partial charge in [0.15, 0.2) is 17.5 Å². The molecular weight excluding hydrogens is 424 g/mol. The van der Waals surface area contributed by atoms with Crippen LogP contribution in [0.5, 0.6) is 0 Å². The number of nitrogens with zero attached hydrogens (tertiary/aromatic N) is 2. The van der Waals surface area contributed by atoms with Gasteiger partial charge < -0.3 is 24.6 Å². The first kappa shape index (κ1) is 25.3. The highest BCUT2D eigenvalue weighted by Crippen LogP contribution is 2.19. The molecule has 4 rings (SSSR count). The summed E-state index contributed by atoms with van der Waals surface area (Å²) in [5.74, 6) is 1.47. The van der Waals surface area contributed by atoms with E-state index >= 15 is 0 Å². The van der Waals surface area contributed by atoms with E-state index in [4.69, 9.17) is 4.42 Å². The minimum Gasteiger partial charge on any atom is -0.453 e. The minimum absolute atomic E-state index is 0.0590. The molecule has 9 nitrogen and oxygen atoms in total. The van der Waals surface area contributed by atoms with E-state index < -0.39 is 0 Å². The first-order valence-corrected chi connectivity index (χ1v) is 10.0. The highest BCUT2D eigenvalue weighted by Gasteiger charge is 2.06. The molecule has 2 heterocycles. The number of aromatic nitrogens is 2. The summed E-state index contributed by atoms with van der Waals surface area (Å²) in [6, 6.07) is 15.7. The number of carbonyl (C=O) groups excluding carboxylic acids is 2. The minimum atomic E-state index is -0.191. The van der Waals surface area contributed by atoms with Crippen LogP contribution in [0.3, 0.4) is 0 Å². The second-order valence-corrected chi connectivity index (χ2v) is 6.62. The third-order valence-corrected chi connectivity index (χ3v) is 4.11. The van der Waals surface area contributed by atoms with Crippen molar-refractivity contribution in [1.29, 1.82) is 0 Å². The summed E-state index contributed by atoms with van der Waals surface area (Å²) in [5, 5.41) is 7.42. The summed E-state index contributed by atoms with van der Waals surface area (Å²) in [7, 11) is 5.09. The molecule has 0 bridgehead atoms. The van der Waals surface area contributed by atoms with Gasteiger partial charge in [0.1, 0.15) is 23.5 Å². The first-order chi connectivity index (χ1) is 16.1. The number of para-hydroxylation sites is 2. The summed E-state index contributed by atoms with van der Waals surface area (Å²) in [4.78, 5) is 40.9. The van der Waals surface area contributed by atoms with Crippen molar-refractivity contribution in [2.75, 3.05) is 33.1 Å². The second kappa shape index (κ2) is 13.5. The van der Waals surface area contributed by atoms with Crippen LogP contribution >= 0.6 is 0 Å². The van der Waals surface area contributed by atoms with E-state index in [0.717, 1.165) is 17.2 Å². The molecule has 2 N–H and O–H groups in total. The fraction of sp³-hybridized carbons (Fsp3) is 0.208. The molecule has 0 unspecified atom stereocenters. The number of hydrogen-bond donors (Lipinski definition) is 2. The van der Waals surface area contributed by atoms with E-state index in [2.05, 4.69) is 25.3 Å². The fourth-order valence-corrected chi connectivity index (χ4v) is 2.82. The summed E-state index contributed by atoms with van der Waals surface area (Å²) >= 11 is 0. The maximum atomic E-state index is 11.3. The number of rotatable bonds is 6. The lowest BCUT2D eigenvalue weighted by molar-refractivity contribution is -0.106. The van der Waals surface area contributed by atoms with Crippen LogP contribution in [0, 0.1) is 0 Å². The van der Waals surface area contributed by atoms with Gasteiger partial charge in [0.05, 0.1) is 24.0 Å². The van der Waals surface area contributed by atoms with Crippen LogP contribution < -0.4 is 16.1 Å². The van der Waals surface area contributed by atoms with E-state index in [1.165, 1.54) is 6.07 Å². The molecule has 0 amide bonds. The van der Waals surface area contributed by atoms with E-state index in [9.17, 15) is 14.4 Å². The normalized spacial score (nSPS) is 9.91. The zero-order valence-corrected chi connectivity index (χ0v) is 18.7. The molecule has 0 aliphatic rings. The second-order valence-electron chi connectivity index (χ2n) is 6.62. The number of carbonyl (C=O) groups is 2. The molecule has 0 aliphatic carbocycles. The Morgan fingerprint density at radius 2 is 1.67 bits per heavy atom. The summed E-state index contributed by atoms with van der Waals surface area (Å²) in [6.07, 6.45) is 1.34. The van der Waals surface area contributed by atoms with Crippen LogP contribution in [0.1, 0.15) is 16.4 Å². The summed E-state index contributed by atoms with van der Waals surface area (Å²) in [6.45, 7) is 0.848. The van der Waals surface area contributed by atoms with Crippen molar-refractivity contribution in [2.45, 2.75) is 6.54 Å². The van der Waals surface area contributed by atoms with Gasteiger partial charge in [0.25, 0.3) is 0 Å². The van der Waals surface area contributed by atoms with Crippen LogP contribution in [0.2, 0.25) is 0 Å². The molecule has 9 heteroatoms. The number of fused-ring (bicyclic) bond motifs is 2. The average Bonchev–Trinajstić information content (AvgIpc) is 2.83. The van der Waals surface area contributed by atoms with E-state index in [1.54, 1.807) is 38.5 Å². The SMILES string of the molecule is CNCc1nc(NCC=O)c2ccccc2n1.COC.O=Cc1cc(=O)c2ccccc2o1. The van der Waals surface area contributed by atoms with E-state index in [-0.39, 0.29) is 17.7 Å². The van der Waals surface area contributed by atoms with Gasteiger partial charge in [-0.05, 0) is 31.3 Å². The lowest BCUT2D eigenvalue weighted by Crippen LogP contribution is -2.12. The van der Waals surface area contributed by atoms with Gasteiger partial charge in [0.2, 0.25) is 0 Å². The number of anilines is 1. The van der Waals surface area contributed by atoms with Gasteiger partial charge in [-0.3, -0.25) is 9.59 Å². The predicted molar refractivity (Wildman–Crippen MR) is 128 cm³/mol. The van der Waals surface area contributed by atoms with Gasteiger partial charge in [0, 0.05) is 25.7 Å². The smallest absolute Gasteiger partial charge is 0.193 e. The van der Waals surface area contributed by atoms with Crippen LogP contribution in [0.15, 0.2) is 63.8 Å². The van der Waals surface area contributed by atoms with Crippen molar-refractivity contribution in [1.82, 2.24) is 15.3 Å². The zero-order chi connectivity index (χ0) is 24.1. The van der Waals surface area contributed by atoms with Crippen LogP contribution in [0.4, 0.5) is 5.82 Å². The number of aldehydes is 2. The molecule has 2 aromatic carbocycles. The Morgan fingerprint density at radius 1 is 1.00 bits per heavy atom. The molecule has 0 spiro atoms. The highest BCUT2D eigenvalue weighted by molar-refractivity contribution is 5.89. The quantitative estimate of drug-likeness (QED) is 0.427. The molecule has 0 saturated heterocycles. The van der Waals surface area contributed by atoms with Crippen LogP contribution in [-0.4, -0.2) is 50.4 Å². The summed E-state index contributed by atoms with van der Waals surface area (Å²) < 4.78 is 9.37. The summed E-state index contributed by atoms with van der Waals surface area (Å²) in [5.41, 5.74) is 1.13. The number of nitrogens with one attached hydrogen (secondary N) is 2. The van der Waals surface area contributed by atoms with Gasteiger partial charge in [-0.15, -0.1) is 0 Å². The number of ether oxygens (including phenoxy) is 1. The molecular formula is C24H26N4O5. The number of hydrogen-bond acceptors (Lipinski definition) is 9. The maximum absolute atomic E-state index is 11.3. The van der Waals surface area contributed by atoms with Crippen molar-refractivity contribution in [3.05, 3.63) is 76.4 Å². The Bertz CT molecular complexity index is 1260. The molecule has 2 aromatic heterocycles. The van der Waals surface area contributed by atoms with Crippen molar-refractivity contribution in [3.8, 4) is 0 Å². The lowest BCUT2D eigenvalue weighted by atomic mass is 10.2. The van der Waals surface area contributed by atoms with E-state index in [0.29, 0.717) is 35.4 Å². The Kier molecular flexibility index (Phi) is 10.3. The van der Waals surface area contributed by atoms with E-state index in [1.807, 2.05) is 31.3 Å². The Hall–Kier alpha value is -3.95. The molecule has 0 aliphatic heterocycles. The highest BCUT2D eigenvalue weighted by atomic mass is 16.4. The van der Waals surface area contributed by atoms with Crippen molar-refractivity contribution >= 4 is 40.3 Å². The molecule has 0 radical (unpaired) electrons. The molecule has 33 heavy (non-hydrogen) atoms. The standard InChI is InChI=1S/C12H14N4O.C10H6O3.C2H6O/c1-13-8-11-15-10-5-3-2-4-9(10)12(16-11)14-6-7-17;11-6-7-5-9(12)8-3-1-2-4-10(8)13-7;1-3-2/h2-5,7,13H,6,8H2,1H3,(H,14,15,16);1-6H;1-2H3. The Morgan fingerprint density at radius 3 is 2.33 bits per heavy atom. The molecule has 0 atom stereocenters. The predicted octanol–water partition coefficient (Wildman–Crippen LogP) is 2.83. The van der Waals surface area contributed by atoms with Gasteiger partial charge in [-0.2, -0.15) is 0 Å². The van der Waals surface area contributed by atoms with Crippen molar-refractivity contribution in [3.63, 3.8) is 0 Å². The van der Waals surface area contributed by atoms with Crippen LogP contribution in [0.25, 0.3) is 21.9 Å².